The highest BCUT2D eigenvalue weighted by Crippen LogP contribution is 2.10. The number of carbonyl (C=O) groups is 1. The Morgan fingerprint density at radius 1 is 0.947 bits per heavy atom. The van der Waals surface area contributed by atoms with E-state index in [1.165, 1.54) is 64.2 Å². The summed E-state index contributed by atoms with van der Waals surface area (Å²) in [7, 11) is 0. The Kier molecular flexibility index (Phi) is 13.4. The first-order chi connectivity index (χ1) is 9.16. The molecule has 114 valence electrons. The fraction of sp³-hybridized carbons (Fsp3) is 0.938. The number of nitrogens with one attached hydrogen (secondary N) is 1. The Balaban J connectivity index is 3.08. The maximum atomic E-state index is 10.5. The van der Waals surface area contributed by atoms with Crippen LogP contribution in [-0.4, -0.2) is 23.7 Å². The molecule has 0 aliphatic heterocycles. The Labute approximate surface area is 119 Å². The highest BCUT2D eigenvalue weighted by atomic mass is 16.4. The molecule has 0 rings (SSSR count). The van der Waals surface area contributed by atoms with Crippen LogP contribution in [0.15, 0.2) is 0 Å². The molecule has 0 amide bonds. The largest absolute Gasteiger partial charge is 0.481 e. The van der Waals surface area contributed by atoms with Gasteiger partial charge in [0, 0.05) is 6.04 Å². The minimum Gasteiger partial charge on any atom is -0.481 e. The van der Waals surface area contributed by atoms with Gasteiger partial charge in [0.15, 0.2) is 0 Å². The van der Waals surface area contributed by atoms with Crippen molar-refractivity contribution < 1.29 is 9.90 Å². The van der Waals surface area contributed by atoms with Crippen LogP contribution in [0.2, 0.25) is 0 Å². The smallest absolute Gasteiger partial charge is 0.304 e. The van der Waals surface area contributed by atoms with Crippen molar-refractivity contribution in [3.8, 4) is 0 Å². The van der Waals surface area contributed by atoms with Crippen molar-refractivity contribution in [2.45, 2.75) is 90.5 Å². The quantitative estimate of drug-likeness (QED) is 0.461. The standard InChI is InChI=1S/C16H33NO2/c1-3-4-5-6-7-8-9-10-11-12-13-17-15(2)14-16(18)19/h15,17H,3-14H2,1-2H3,(H,18,19). The van der Waals surface area contributed by atoms with Crippen molar-refractivity contribution in [3.05, 3.63) is 0 Å². The first-order valence-electron chi connectivity index (χ1n) is 8.12. The van der Waals surface area contributed by atoms with Crippen LogP contribution in [0.5, 0.6) is 0 Å². The van der Waals surface area contributed by atoms with Crippen LogP contribution in [0.4, 0.5) is 0 Å². The van der Waals surface area contributed by atoms with E-state index in [-0.39, 0.29) is 12.5 Å². The summed E-state index contributed by atoms with van der Waals surface area (Å²) in [4.78, 5) is 10.5. The Bertz CT molecular complexity index is 207. The van der Waals surface area contributed by atoms with Gasteiger partial charge in [-0.1, -0.05) is 64.7 Å². The molecule has 0 bridgehead atoms. The van der Waals surface area contributed by atoms with Crippen LogP contribution in [0, 0.1) is 0 Å². The molecule has 0 aromatic heterocycles. The second kappa shape index (κ2) is 13.9. The van der Waals surface area contributed by atoms with E-state index in [1.807, 2.05) is 6.92 Å². The highest BCUT2D eigenvalue weighted by Gasteiger charge is 2.05. The van der Waals surface area contributed by atoms with Crippen LogP contribution < -0.4 is 5.32 Å². The van der Waals surface area contributed by atoms with Crippen molar-refractivity contribution in [1.29, 1.82) is 0 Å². The highest BCUT2D eigenvalue weighted by molar-refractivity contribution is 5.67. The molecular formula is C16H33NO2. The molecule has 2 N–H and O–H groups in total. The summed E-state index contributed by atoms with van der Waals surface area (Å²) in [5, 5.41) is 11.9. The number of hydrogen-bond donors (Lipinski definition) is 2. The molecule has 3 nitrogen and oxygen atoms in total. The van der Waals surface area contributed by atoms with Gasteiger partial charge in [-0.05, 0) is 19.9 Å². The predicted octanol–water partition coefficient (Wildman–Crippen LogP) is 4.36. The number of unbranched alkanes of at least 4 members (excludes halogenated alkanes) is 9. The molecule has 0 aromatic carbocycles. The minimum absolute atomic E-state index is 0.0936. The SMILES string of the molecule is CCCCCCCCCCCCNC(C)CC(=O)O. The summed E-state index contributed by atoms with van der Waals surface area (Å²) >= 11 is 0. The molecule has 0 saturated carbocycles. The van der Waals surface area contributed by atoms with E-state index in [4.69, 9.17) is 5.11 Å². The van der Waals surface area contributed by atoms with Crippen molar-refractivity contribution in [1.82, 2.24) is 5.32 Å². The van der Waals surface area contributed by atoms with Crippen LogP contribution in [0.3, 0.4) is 0 Å². The predicted molar refractivity (Wildman–Crippen MR) is 81.6 cm³/mol. The normalized spacial score (nSPS) is 12.5. The van der Waals surface area contributed by atoms with Gasteiger partial charge in [0.2, 0.25) is 0 Å². The van der Waals surface area contributed by atoms with Gasteiger partial charge in [-0.3, -0.25) is 4.79 Å². The third-order valence-electron chi connectivity index (χ3n) is 3.50. The third kappa shape index (κ3) is 15.4. The second-order valence-electron chi connectivity index (χ2n) is 5.64. The second-order valence-corrected chi connectivity index (χ2v) is 5.64. The molecule has 0 saturated heterocycles. The zero-order valence-electron chi connectivity index (χ0n) is 12.9. The van der Waals surface area contributed by atoms with Crippen LogP contribution >= 0.6 is 0 Å². The zero-order valence-corrected chi connectivity index (χ0v) is 12.9. The van der Waals surface area contributed by atoms with E-state index in [0.717, 1.165) is 6.54 Å². The van der Waals surface area contributed by atoms with Gasteiger partial charge in [-0.15, -0.1) is 0 Å². The van der Waals surface area contributed by atoms with Gasteiger partial charge in [-0.2, -0.15) is 0 Å². The molecule has 0 aliphatic rings. The summed E-state index contributed by atoms with van der Waals surface area (Å²) in [5.41, 5.74) is 0. The number of hydrogen-bond acceptors (Lipinski definition) is 2. The van der Waals surface area contributed by atoms with Gasteiger partial charge in [0.05, 0.1) is 6.42 Å². The third-order valence-corrected chi connectivity index (χ3v) is 3.50. The van der Waals surface area contributed by atoms with Gasteiger partial charge in [-0.25, -0.2) is 0 Å². The van der Waals surface area contributed by atoms with Gasteiger partial charge in [0.1, 0.15) is 0 Å². The van der Waals surface area contributed by atoms with E-state index in [2.05, 4.69) is 12.2 Å². The number of rotatable bonds is 14. The lowest BCUT2D eigenvalue weighted by Crippen LogP contribution is -2.29. The maximum Gasteiger partial charge on any atom is 0.304 e. The summed E-state index contributed by atoms with van der Waals surface area (Å²) in [6.45, 7) is 5.14. The monoisotopic (exact) mass is 271 g/mol. The molecule has 1 unspecified atom stereocenters. The molecule has 3 heteroatoms. The molecule has 0 aliphatic carbocycles. The van der Waals surface area contributed by atoms with Gasteiger partial charge < -0.3 is 10.4 Å². The van der Waals surface area contributed by atoms with Gasteiger partial charge >= 0.3 is 5.97 Å². The summed E-state index contributed by atoms with van der Waals surface area (Å²) < 4.78 is 0. The first-order valence-corrected chi connectivity index (χ1v) is 8.12. The van der Waals surface area contributed by atoms with Crippen LogP contribution in [-0.2, 0) is 4.79 Å². The Morgan fingerprint density at radius 3 is 1.89 bits per heavy atom. The van der Waals surface area contributed by atoms with Gasteiger partial charge in [0.25, 0.3) is 0 Å². The topological polar surface area (TPSA) is 49.3 Å². The van der Waals surface area contributed by atoms with Crippen molar-refractivity contribution >= 4 is 5.97 Å². The van der Waals surface area contributed by atoms with E-state index in [1.54, 1.807) is 0 Å². The van der Waals surface area contributed by atoms with Crippen LogP contribution in [0.25, 0.3) is 0 Å². The lowest BCUT2D eigenvalue weighted by atomic mass is 10.1. The zero-order chi connectivity index (χ0) is 14.3. The molecule has 0 fully saturated rings. The Hall–Kier alpha value is -0.570. The summed E-state index contributed by atoms with van der Waals surface area (Å²) in [6.07, 6.45) is 13.6. The van der Waals surface area contributed by atoms with Crippen molar-refractivity contribution in [3.63, 3.8) is 0 Å². The van der Waals surface area contributed by atoms with Crippen molar-refractivity contribution in [2.75, 3.05) is 6.54 Å². The molecule has 1 atom stereocenters. The molecule has 0 heterocycles. The molecule has 0 spiro atoms. The van der Waals surface area contributed by atoms with Crippen LogP contribution in [0.1, 0.15) is 84.5 Å². The number of aliphatic carboxylic acids is 1. The van der Waals surface area contributed by atoms with E-state index >= 15 is 0 Å². The lowest BCUT2D eigenvalue weighted by molar-refractivity contribution is -0.137. The molecule has 19 heavy (non-hydrogen) atoms. The van der Waals surface area contributed by atoms with E-state index < -0.39 is 5.97 Å². The molecule has 0 radical (unpaired) electrons. The van der Waals surface area contributed by atoms with E-state index in [0.29, 0.717) is 0 Å². The minimum atomic E-state index is -0.719. The summed E-state index contributed by atoms with van der Waals surface area (Å²) in [6, 6.07) is 0.0936. The molecular weight excluding hydrogens is 238 g/mol. The maximum absolute atomic E-state index is 10.5. The average molecular weight is 271 g/mol. The summed E-state index contributed by atoms with van der Waals surface area (Å²) in [5.74, 6) is -0.719. The lowest BCUT2D eigenvalue weighted by Gasteiger charge is -2.10. The Morgan fingerprint density at radius 2 is 1.42 bits per heavy atom. The number of carboxylic acid groups (broad SMARTS) is 1. The number of carboxylic acids is 1. The first kappa shape index (κ1) is 18.4. The average Bonchev–Trinajstić information content (AvgIpc) is 2.35. The fourth-order valence-corrected chi connectivity index (χ4v) is 2.29. The fourth-order valence-electron chi connectivity index (χ4n) is 2.29. The molecule has 0 aromatic rings. The van der Waals surface area contributed by atoms with E-state index in [9.17, 15) is 4.79 Å². The van der Waals surface area contributed by atoms with Crippen molar-refractivity contribution in [2.24, 2.45) is 0 Å².